The van der Waals surface area contributed by atoms with E-state index in [1.54, 1.807) is 18.2 Å². The van der Waals surface area contributed by atoms with Gasteiger partial charge >= 0.3 is 11.9 Å². The Morgan fingerprint density at radius 1 is 1.11 bits per heavy atom. The van der Waals surface area contributed by atoms with Gasteiger partial charge < -0.3 is 25.0 Å². The van der Waals surface area contributed by atoms with Crippen molar-refractivity contribution < 1.29 is 34.1 Å². The highest BCUT2D eigenvalue weighted by atomic mass is 16.5. The average Bonchev–Trinajstić information content (AvgIpc) is 3.52. The Morgan fingerprint density at radius 2 is 1.89 bits per heavy atom. The van der Waals surface area contributed by atoms with E-state index in [4.69, 9.17) is 14.6 Å². The summed E-state index contributed by atoms with van der Waals surface area (Å²) in [6.07, 6.45) is 9.04. The van der Waals surface area contributed by atoms with Crippen molar-refractivity contribution in [2.24, 2.45) is 11.8 Å². The molecule has 0 aliphatic heterocycles. The number of carbonyl (C=O) groups excluding carboxylic acids is 1. The van der Waals surface area contributed by atoms with E-state index in [2.05, 4.69) is 31.3 Å². The van der Waals surface area contributed by atoms with Crippen LogP contribution >= 0.6 is 0 Å². The fraction of sp³-hybridized carbons (Fsp3) is 0.519. The zero-order valence-corrected chi connectivity index (χ0v) is 20.8. The minimum absolute atomic E-state index is 0.0337. The molecule has 0 saturated heterocycles. The second kappa shape index (κ2) is 14.2. The SMILES string of the molecule is CC(C)/C=C/CCCCC(=O)NCc1ccc(OCCC2C=C2CC(=O)O)c(OC(C)C(=O)O)c1. The van der Waals surface area contributed by atoms with Crippen molar-refractivity contribution in [3.8, 4) is 11.5 Å². The van der Waals surface area contributed by atoms with Gasteiger partial charge in [0.1, 0.15) is 0 Å². The first-order valence-electron chi connectivity index (χ1n) is 12.2. The Labute approximate surface area is 207 Å². The van der Waals surface area contributed by atoms with Crippen LogP contribution in [-0.4, -0.2) is 40.8 Å². The molecular formula is C27H37NO7. The van der Waals surface area contributed by atoms with Crippen LogP contribution in [0.2, 0.25) is 0 Å². The molecule has 0 spiro atoms. The first-order chi connectivity index (χ1) is 16.7. The zero-order chi connectivity index (χ0) is 25.8. The number of nitrogens with one attached hydrogen (secondary N) is 1. The van der Waals surface area contributed by atoms with Gasteiger partial charge in [-0.1, -0.05) is 43.7 Å². The Kier molecular flexibility index (Phi) is 11.3. The molecule has 0 bridgehead atoms. The third-order valence-corrected chi connectivity index (χ3v) is 5.52. The lowest BCUT2D eigenvalue weighted by Gasteiger charge is -2.17. The molecule has 2 atom stereocenters. The quantitative estimate of drug-likeness (QED) is 0.214. The molecule has 35 heavy (non-hydrogen) atoms. The van der Waals surface area contributed by atoms with Gasteiger partial charge in [-0.25, -0.2) is 4.79 Å². The number of ether oxygens (including phenoxy) is 2. The molecule has 192 valence electrons. The maximum Gasteiger partial charge on any atom is 0.344 e. The van der Waals surface area contributed by atoms with Crippen molar-refractivity contribution in [1.82, 2.24) is 5.32 Å². The molecule has 2 unspecified atom stereocenters. The van der Waals surface area contributed by atoms with Gasteiger partial charge in [-0.2, -0.15) is 0 Å². The number of hydrogen-bond acceptors (Lipinski definition) is 5. The van der Waals surface area contributed by atoms with Crippen LogP contribution in [-0.2, 0) is 20.9 Å². The fourth-order valence-electron chi connectivity index (χ4n) is 3.46. The van der Waals surface area contributed by atoms with E-state index in [0.717, 1.165) is 30.4 Å². The average molecular weight is 488 g/mol. The highest BCUT2D eigenvalue weighted by Gasteiger charge is 2.26. The zero-order valence-electron chi connectivity index (χ0n) is 20.8. The number of carboxylic acid groups (broad SMARTS) is 2. The number of rotatable bonds is 17. The van der Waals surface area contributed by atoms with E-state index < -0.39 is 18.0 Å². The molecular weight excluding hydrogens is 450 g/mol. The highest BCUT2D eigenvalue weighted by Crippen LogP contribution is 2.35. The summed E-state index contributed by atoms with van der Waals surface area (Å²) < 4.78 is 11.4. The summed E-state index contributed by atoms with van der Waals surface area (Å²) in [6.45, 7) is 6.33. The summed E-state index contributed by atoms with van der Waals surface area (Å²) in [5.74, 6) is -0.615. The highest BCUT2D eigenvalue weighted by molar-refractivity contribution is 5.76. The van der Waals surface area contributed by atoms with Crippen LogP contribution in [0, 0.1) is 11.8 Å². The van der Waals surface area contributed by atoms with Crippen LogP contribution in [0.4, 0.5) is 0 Å². The maximum atomic E-state index is 12.2. The molecule has 0 heterocycles. The van der Waals surface area contributed by atoms with Crippen molar-refractivity contribution in [1.29, 1.82) is 0 Å². The van der Waals surface area contributed by atoms with Crippen molar-refractivity contribution in [2.45, 2.75) is 71.9 Å². The molecule has 3 N–H and O–H groups in total. The topological polar surface area (TPSA) is 122 Å². The van der Waals surface area contributed by atoms with Crippen molar-refractivity contribution in [2.75, 3.05) is 6.61 Å². The lowest BCUT2D eigenvalue weighted by molar-refractivity contribution is -0.144. The summed E-state index contributed by atoms with van der Waals surface area (Å²) in [6, 6.07) is 5.18. The van der Waals surface area contributed by atoms with E-state index in [-0.39, 0.29) is 24.0 Å². The number of aliphatic carboxylic acids is 2. The predicted molar refractivity (Wildman–Crippen MR) is 132 cm³/mol. The summed E-state index contributed by atoms with van der Waals surface area (Å²) in [5.41, 5.74) is 1.67. The minimum Gasteiger partial charge on any atom is -0.490 e. The van der Waals surface area contributed by atoms with Crippen LogP contribution in [0.15, 0.2) is 42.0 Å². The molecule has 1 aromatic rings. The molecule has 1 aliphatic carbocycles. The molecule has 8 heteroatoms. The third-order valence-electron chi connectivity index (χ3n) is 5.52. The third kappa shape index (κ3) is 11.1. The second-order valence-corrected chi connectivity index (χ2v) is 9.13. The molecule has 0 saturated carbocycles. The van der Waals surface area contributed by atoms with Gasteiger partial charge in [0, 0.05) is 18.9 Å². The molecule has 1 amide bonds. The van der Waals surface area contributed by atoms with E-state index >= 15 is 0 Å². The molecule has 1 aliphatic rings. The Hall–Kier alpha value is -3.29. The monoisotopic (exact) mass is 487 g/mol. The Bertz CT molecular complexity index is 935. The van der Waals surface area contributed by atoms with Crippen LogP contribution in [0.1, 0.15) is 64.9 Å². The lowest BCUT2D eigenvalue weighted by Crippen LogP contribution is -2.24. The number of amides is 1. The van der Waals surface area contributed by atoms with Gasteiger partial charge in [0.15, 0.2) is 17.6 Å². The molecule has 0 fully saturated rings. The standard InChI is InChI=1S/C27H37NO7/c1-18(2)8-6-4-5-7-9-25(29)28-17-20-10-11-23(24(14-20)35-19(3)27(32)33)34-13-12-21-15-22(21)16-26(30)31/h6,8,10-11,14-15,18-19,21H,4-5,7,9,12-13,16-17H2,1-3H3,(H,28,29)(H,30,31)(H,32,33)/b8-6+. The van der Waals surface area contributed by atoms with Gasteiger partial charge in [0.25, 0.3) is 0 Å². The number of carbonyl (C=O) groups is 3. The maximum absolute atomic E-state index is 12.2. The minimum atomic E-state index is -1.10. The van der Waals surface area contributed by atoms with E-state index in [1.165, 1.54) is 6.92 Å². The van der Waals surface area contributed by atoms with Crippen LogP contribution in [0.5, 0.6) is 11.5 Å². The fourth-order valence-corrected chi connectivity index (χ4v) is 3.46. The summed E-state index contributed by atoms with van der Waals surface area (Å²) in [7, 11) is 0. The summed E-state index contributed by atoms with van der Waals surface area (Å²) >= 11 is 0. The van der Waals surface area contributed by atoms with E-state index in [9.17, 15) is 19.5 Å². The van der Waals surface area contributed by atoms with Crippen molar-refractivity contribution >= 4 is 17.8 Å². The Morgan fingerprint density at radius 3 is 2.57 bits per heavy atom. The van der Waals surface area contributed by atoms with Gasteiger partial charge in [-0.3, -0.25) is 9.59 Å². The van der Waals surface area contributed by atoms with Gasteiger partial charge in [-0.15, -0.1) is 0 Å². The smallest absolute Gasteiger partial charge is 0.344 e. The van der Waals surface area contributed by atoms with E-state index in [0.29, 0.717) is 37.7 Å². The predicted octanol–water partition coefficient (Wildman–Crippen LogP) is 4.73. The number of hydrogen-bond donors (Lipinski definition) is 3. The van der Waals surface area contributed by atoms with Crippen molar-refractivity contribution in [3.63, 3.8) is 0 Å². The number of benzene rings is 1. The molecule has 0 radical (unpaired) electrons. The molecule has 8 nitrogen and oxygen atoms in total. The normalized spacial score (nSPS) is 15.5. The van der Waals surface area contributed by atoms with E-state index in [1.807, 2.05) is 6.08 Å². The number of allylic oxidation sites excluding steroid dienone is 3. The summed E-state index contributed by atoms with van der Waals surface area (Å²) in [4.78, 5) is 34.2. The van der Waals surface area contributed by atoms with Crippen LogP contribution in [0.25, 0.3) is 0 Å². The Balaban J connectivity index is 1.84. The first kappa shape index (κ1) is 28.0. The van der Waals surface area contributed by atoms with Crippen LogP contribution < -0.4 is 14.8 Å². The number of carboxylic acids is 2. The van der Waals surface area contributed by atoms with Crippen LogP contribution in [0.3, 0.4) is 0 Å². The molecule has 1 aromatic carbocycles. The van der Waals surface area contributed by atoms with Gasteiger partial charge in [0.05, 0.1) is 13.0 Å². The summed E-state index contributed by atoms with van der Waals surface area (Å²) in [5, 5.41) is 21.0. The van der Waals surface area contributed by atoms with Gasteiger partial charge in [-0.05, 0) is 56.2 Å². The molecule has 0 aromatic heterocycles. The van der Waals surface area contributed by atoms with Gasteiger partial charge in [0.2, 0.25) is 5.91 Å². The van der Waals surface area contributed by atoms with Crippen molar-refractivity contribution in [3.05, 3.63) is 47.6 Å². The first-order valence-corrected chi connectivity index (χ1v) is 12.2. The lowest BCUT2D eigenvalue weighted by atomic mass is 10.1. The largest absolute Gasteiger partial charge is 0.490 e. The molecule has 2 rings (SSSR count). The number of unbranched alkanes of at least 4 members (excludes halogenated alkanes) is 2. The second-order valence-electron chi connectivity index (χ2n) is 9.13.